The van der Waals surface area contributed by atoms with Crippen LogP contribution in [0.1, 0.15) is 26.2 Å². The van der Waals surface area contributed by atoms with Gasteiger partial charge in [-0.15, -0.1) is 0 Å². The summed E-state index contributed by atoms with van der Waals surface area (Å²) in [5.41, 5.74) is 0. The number of nitrogens with zero attached hydrogens (tertiary/aromatic N) is 2. The van der Waals surface area contributed by atoms with Crippen molar-refractivity contribution < 1.29 is 4.74 Å². The Morgan fingerprint density at radius 2 is 2.11 bits per heavy atom. The Labute approximate surface area is 113 Å². The molecule has 0 spiro atoms. The third-order valence-electron chi connectivity index (χ3n) is 3.61. The molecule has 1 heterocycles. The molecule has 0 aromatic heterocycles. The van der Waals surface area contributed by atoms with Gasteiger partial charge in [0.2, 0.25) is 0 Å². The van der Waals surface area contributed by atoms with E-state index in [-0.39, 0.29) is 0 Å². The average Bonchev–Trinajstić information content (AvgIpc) is 2.31. The Morgan fingerprint density at radius 3 is 2.83 bits per heavy atom. The van der Waals surface area contributed by atoms with E-state index < -0.39 is 0 Å². The van der Waals surface area contributed by atoms with E-state index in [1.165, 1.54) is 32.4 Å². The summed E-state index contributed by atoms with van der Waals surface area (Å²) >= 11 is 0. The van der Waals surface area contributed by atoms with Crippen LogP contribution in [0, 0.1) is 0 Å². The zero-order valence-electron chi connectivity index (χ0n) is 12.5. The summed E-state index contributed by atoms with van der Waals surface area (Å²) in [7, 11) is 4.17. The SMILES string of the molecule is CCC1CCN(CCOCCN(C)C)CCCN1. The van der Waals surface area contributed by atoms with E-state index in [1.54, 1.807) is 0 Å². The fraction of sp³-hybridized carbons (Fsp3) is 1.00. The standard InChI is InChI=1S/C14H31N3O/c1-4-14-6-9-17(8-5-7-15-14)11-13-18-12-10-16(2)3/h14-15H,4-13H2,1-3H3. The fourth-order valence-electron chi connectivity index (χ4n) is 2.28. The van der Waals surface area contributed by atoms with Gasteiger partial charge in [0.05, 0.1) is 13.2 Å². The van der Waals surface area contributed by atoms with Crippen molar-refractivity contribution in [2.45, 2.75) is 32.2 Å². The number of likely N-dealkylation sites (N-methyl/N-ethyl adjacent to an activating group) is 1. The van der Waals surface area contributed by atoms with Gasteiger partial charge < -0.3 is 19.9 Å². The maximum atomic E-state index is 5.67. The normalized spacial score (nSPS) is 23.0. The van der Waals surface area contributed by atoms with Gasteiger partial charge in [-0.2, -0.15) is 0 Å². The number of nitrogens with one attached hydrogen (secondary N) is 1. The van der Waals surface area contributed by atoms with E-state index in [0.717, 1.165) is 32.8 Å². The molecule has 1 unspecified atom stereocenters. The first kappa shape index (κ1) is 15.9. The molecule has 1 aliphatic heterocycles. The second-order valence-corrected chi connectivity index (χ2v) is 5.46. The lowest BCUT2D eigenvalue weighted by Gasteiger charge is -2.28. The number of ether oxygens (including phenoxy) is 1. The van der Waals surface area contributed by atoms with Crippen LogP contribution >= 0.6 is 0 Å². The fourth-order valence-corrected chi connectivity index (χ4v) is 2.28. The predicted octanol–water partition coefficient (Wildman–Crippen LogP) is 1.03. The van der Waals surface area contributed by atoms with Crippen LogP contribution in [0.2, 0.25) is 0 Å². The zero-order chi connectivity index (χ0) is 13.2. The molecule has 0 aliphatic carbocycles. The van der Waals surface area contributed by atoms with Crippen LogP contribution in [0.5, 0.6) is 0 Å². The van der Waals surface area contributed by atoms with E-state index in [1.807, 2.05) is 0 Å². The van der Waals surface area contributed by atoms with Gasteiger partial charge in [0.1, 0.15) is 0 Å². The van der Waals surface area contributed by atoms with E-state index in [9.17, 15) is 0 Å². The van der Waals surface area contributed by atoms with Gasteiger partial charge in [0.25, 0.3) is 0 Å². The lowest BCUT2D eigenvalue weighted by molar-refractivity contribution is 0.0887. The first-order valence-electron chi connectivity index (χ1n) is 7.40. The van der Waals surface area contributed by atoms with Crippen LogP contribution in [-0.4, -0.2) is 75.9 Å². The summed E-state index contributed by atoms with van der Waals surface area (Å²) < 4.78 is 5.67. The van der Waals surface area contributed by atoms with Gasteiger partial charge >= 0.3 is 0 Å². The van der Waals surface area contributed by atoms with E-state index >= 15 is 0 Å². The van der Waals surface area contributed by atoms with Crippen molar-refractivity contribution in [1.82, 2.24) is 15.1 Å². The highest BCUT2D eigenvalue weighted by molar-refractivity contribution is 4.72. The molecule has 0 aromatic carbocycles. The van der Waals surface area contributed by atoms with Gasteiger partial charge in [-0.25, -0.2) is 0 Å². The molecule has 1 N–H and O–H groups in total. The minimum Gasteiger partial charge on any atom is -0.379 e. The average molecular weight is 257 g/mol. The van der Waals surface area contributed by atoms with Gasteiger partial charge in [0, 0.05) is 19.1 Å². The lowest BCUT2D eigenvalue weighted by atomic mass is 10.1. The summed E-state index contributed by atoms with van der Waals surface area (Å²) in [6, 6.07) is 0.711. The van der Waals surface area contributed by atoms with Crippen LogP contribution in [0.15, 0.2) is 0 Å². The molecule has 4 nitrogen and oxygen atoms in total. The Balaban J connectivity index is 2.08. The van der Waals surface area contributed by atoms with E-state index in [4.69, 9.17) is 4.74 Å². The maximum absolute atomic E-state index is 5.67. The molecule has 0 saturated carbocycles. The monoisotopic (exact) mass is 257 g/mol. The Kier molecular flexibility index (Phi) is 8.59. The number of hydrogen-bond donors (Lipinski definition) is 1. The summed E-state index contributed by atoms with van der Waals surface area (Å²) in [6.07, 6.45) is 3.77. The van der Waals surface area contributed by atoms with Crippen LogP contribution in [0.25, 0.3) is 0 Å². The molecule has 18 heavy (non-hydrogen) atoms. The molecule has 1 saturated heterocycles. The van der Waals surface area contributed by atoms with Gasteiger partial charge in [-0.05, 0) is 53.0 Å². The maximum Gasteiger partial charge on any atom is 0.0594 e. The molecule has 4 heteroatoms. The summed E-state index contributed by atoms with van der Waals surface area (Å²) in [6.45, 7) is 9.68. The molecular formula is C14H31N3O. The molecule has 1 fully saturated rings. The Bertz CT molecular complexity index is 199. The molecule has 0 amide bonds. The number of rotatable bonds is 7. The molecule has 0 radical (unpaired) electrons. The molecule has 0 bridgehead atoms. The summed E-state index contributed by atoms with van der Waals surface area (Å²) in [4.78, 5) is 4.72. The van der Waals surface area contributed by atoms with Gasteiger partial charge in [0.15, 0.2) is 0 Å². The number of hydrogen-bond acceptors (Lipinski definition) is 4. The molecule has 1 rings (SSSR count). The van der Waals surface area contributed by atoms with Gasteiger partial charge in [-0.3, -0.25) is 0 Å². The molecule has 0 aromatic rings. The van der Waals surface area contributed by atoms with Crippen LogP contribution in [0.3, 0.4) is 0 Å². The van der Waals surface area contributed by atoms with Crippen molar-refractivity contribution in [1.29, 1.82) is 0 Å². The predicted molar refractivity (Wildman–Crippen MR) is 77.1 cm³/mol. The lowest BCUT2D eigenvalue weighted by Crippen LogP contribution is -2.40. The first-order valence-corrected chi connectivity index (χ1v) is 7.40. The van der Waals surface area contributed by atoms with Crippen molar-refractivity contribution in [3.8, 4) is 0 Å². The Hall–Kier alpha value is -0.160. The summed E-state index contributed by atoms with van der Waals surface area (Å²) in [5, 5.41) is 3.62. The quantitative estimate of drug-likeness (QED) is 0.690. The van der Waals surface area contributed by atoms with Crippen molar-refractivity contribution >= 4 is 0 Å². The Morgan fingerprint density at radius 1 is 1.28 bits per heavy atom. The first-order chi connectivity index (χ1) is 8.72. The van der Waals surface area contributed by atoms with Crippen molar-refractivity contribution in [3.05, 3.63) is 0 Å². The second kappa shape index (κ2) is 9.73. The third kappa shape index (κ3) is 7.31. The third-order valence-corrected chi connectivity index (χ3v) is 3.61. The molecule has 1 aliphatic rings. The molecular weight excluding hydrogens is 226 g/mol. The topological polar surface area (TPSA) is 27.7 Å². The van der Waals surface area contributed by atoms with Crippen molar-refractivity contribution in [3.63, 3.8) is 0 Å². The van der Waals surface area contributed by atoms with Crippen molar-refractivity contribution in [2.24, 2.45) is 0 Å². The van der Waals surface area contributed by atoms with Gasteiger partial charge in [-0.1, -0.05) is 6.92 Å². The highest BCUT2D eigenvalue weighted by Crippen LogP contribution is 2.05. The van der Waals surface area contributed by atoms with E-state index in [2.05, 4.69) is 36.1 Å². The zero-order valence-corrected chi connectivity index (χ0v) is 12.5. The van der Waals surface area contributed by atoms with Crippen LogP contribution < -0.4 is 5.32 Å². The van der Waals surface area contributed by atoms with Crippen molar-refractivity contribution in [2.75, 3.05) is 60.0 Å². The van der Waals surface area contributed by atoms with E-state index in [0.29, 0.717) is 6.04 Å². The smallest absolute Gasteiger partial charge is 0.0594 e. The van der Waals surface area contributed by atoms with Crippen LogP contribution in [0.4, 0.5) is 0 Å². The largest absolute Gasteiger partial charge is 0.379 e. The minimum absolute atomic E-state index is 0.711. The molecule has 1 atom stereocenters. The molecule has 108 valence electrons. The highest BCUT2D eigenvalue weighted by atomic mass is 16.5. The highest BCUT2D eigenvalue weighted by Gasteiger charge is 2.13. The minimum atomic E-state index is 0.711. The summed E-state index contributed by atoms with van der Waals surface area (Å²) in [5.74, 6) is 0. The second-order valence-electron chi connectivity index (χ2n) is 5.46. The van der Waals surface area contributed by atoms with Crippen LogP contribution in [-0.2, 0) is 4.74 Å².